The molecule has 130 valence electrons. The van der Waals surface area contributed by atoms with E-state index in [0.717, 1.165) is 5.41 Å². The standard InChI is InChI=1S/C14H20N6O3S/c1-2-24(21,22)6-4-9-10(16)11(17)14(23-9)20-7-19-12-8(15)3-5-18-13(12)20/h2-3,5,7,9-11,14H,1,4,6,16-17H2,(H2,15,18)/t9-,10-,11-,14-/m1/s1. The van der Waals surface area contributed by atoms with Crippen LogP contribution >= 0.6 is 0 Å². The first-order chi connectivity index (χ1) is 11.3. The van der Waals surface area contributed by atoms with Crippen molar-refractivity contribution in [3.05, 3.63) is 30.6 Å². The predicted octanol–water partition coefficient (Wildman–Crippen LogP) is -0.486. The highest BCUT2D eigenvalue weighted by molar-refractivity contribution is 7.94. The van der Waals surface area contributed by atoms with E-state index in [2.05, 4.69) is 16.5 Å². The molecule has 0 aromatic carbocycles. The Balaban J connectivity index is 1.84. The molecule has 24 heavy (non-hydrogen) atoms. The summed E-state index contributed by atoms with van der Waals surface area (Å²) in [5.74, 6) is -0.0931. The van der Waals surface area contributed by atoms with Gasteiger partial charge in [0.15, 0.2) is 21.7 Å². The van der Waals surface area contributed by atoms with Crippen molar-refractivity contribution in [2.45, 2.75) is 30.8 Å². The van der Waals surface area contributed by atoms with Gasteiger partial charge in [-0.05, 0) is 12.5 Å². The van der Waals surface area contributed by atoms with Crippen LogP contribution in [0.2, 0.25) is 0 Å². The van der Waals surface area contributed by atoms with E-state index in [-0.39, 0.29) is 12.2 Å². The second kappa shape index (κ2) is 6.13. The van der Waals surface area contributed by atoms with Gasteiger partial charge in [-0.15, -0.1) is 0 Å². The number of ether oxygens (including phenoxy) is 1. The quantitative estimate of drug-likeness (QED) is 0.652. The topological polar surface area (TPSA) is 152 Å². The molecule has 3 rings (SSSR count). The van der Waals surface area contributed by atoms with Crippen LogP contribution in [0.15, 0.2) is 30.6 Å². The number of hydrogen-bond donors (Lipinski definition) is 3. The minimum Gasteiger partial charge on any atom is -0.397 e. The largest absolute Gasteiger partial charge is 0.397 e. The zero-order chi connectivity index (χ0) is 17.5. The van der Waals surface area contributed by atoms with Gasteiger partial charge < -0.3 is 21.9 Å². The number of aromatic nitrogens is 3. The van der Waals surface area contributed by atoms with Crippen molar-refractivity contribution in [3.8, 4) is 0 Å². The maximum absolute atomic E-state index is 11.6. The summed E-state index contributed by atoms with van der Waals surface area (Å²) in [6.45, 7) is 3.29. The molecule has 2 aromatic rings. The second-order valence-electron chi connectivity index (χ2n) is 5.77. The zero-order valence-electron chi connectivity index (χ0n) is 12.9. The zero-order valence-corrected chi connectivity index (χ0v) is 13.8. The van der Waals surface area contributed by atoms with Crippen LogP contribution in [0.4, 0.5) is 5.69 Å². The maximum Gasteiger partial charge on any atom is 0.171 e. The number of nitrogen functional groups attached to an aromatic ring is 1. The fourth-order valence-electron chi connectivity index (χ4n) is 2.81. The first kappa shape index (κ1) is 16.8. The van der Waals surface area contributed by atoms with E-state index in [1.165, 1.54) is 0 Å². The SMILES string of the molecule is C=CS(=O)(=O)CC[C@H]1O[C@@H](n2cnc3c(N)ccnc32)[C@H](N)[C@@H]1N. The molecule has 0 saturated carbocycles. The molecule has 3 heterocycles. The van der Waals surface area contributed by atoms with Crippen LogP contribution in [-0.2, 0) is 14.6 Å². The molecule has 0 spiro atoms. The summed E-state index contributed by atoms with van der Waals surface area (Å²) in [7, 11) is -3.32. The first-order valence-corrected chi connectivity index (χ1v) is 9.14. The van der Waals surface area contributed by atoms with Crippen LogP contribution in [-0.4, -0.2) is 46.9 Å². The number of nitrogens with zero attached hydrogens (tertiary/aromatic N) is 3. The molecule has 1 saturated heterocycles. The number of sulfone groups is 1. The highest BCUT2D eigenvalue weighted by Gasteiger charge is 2.42. The van der Waals surface area contributed by atoms with E-state index < -0.39 is 34.3 Å². The summed E-state index contributed by atoms with van der Waals surface area (Å²) in [6, 6.07) is 0.625. The van der Waals surface area contributed by atoms with Crippen LogP contribution in [0.5, 0.6) is 0 Å². The molecule has 0 radical (unpaired) electrons. The Bertz CT molecular complexity index is 865. The Morgan fingerprint density at radius 1 is 1.33 bits per heavy atom. The average Bonchev–Trinajstić information content (AvgIpc) is 3.10. The van der Waals surface area contributed by atoms with Crippen LogP contribution in [0, 0.1) is 0 Å². The van der Waals surface area contributed by atoms with E-state index >= 15 is 0 Å². The molecule has 1 aliphatic rings. The Morgan fingerprint density at radius 3 is 2.79 bits per heavy atom. The van der Waals surface area contributed by atoms with Crippen molar-refractivity contribution >= 4 is 26.7 Å². The van der Waals surface area contributed by atoms with Crippen LogP contribution in [0.25, 0.3) is 11.2 Å². The lowest BCUT2D eigenvalue weighted by atomic mass is 10.0. The average molecular weight is 352 g/mol. The second-order valence-corrected chi connectivity index (χ2v) is 7.83. The van der Waals surface area contributed by atoms with Crippen molar-refractivity contribution in [1.82, 2.24) is 14.5 Å². The molecule has 0 bridgehead atoms. The van der Waals surface area contributed by atoms with Crippen molar-refractivity contribution in [2.75, 3.05) is 11.5 Å². The van der Waals surface area contributed by atoms with E-state index in [9.17, 15) is 8.42 Å². The molecular formula is C14H20N6O3S. The molecule has 6 N–H and O–H groups in total. The van der Waals surface area contributed by atoms with Gasteiger partial charge in [0.2, 0.25) is 0 Å². The Hall–Kier alpha value is -2.01. The monoisotopic (exact) mass is 352 g/mol. The predicted molar refractivity (Wildman–Crippen MR) is 90.4 cm³/mol. The molecule has 0 unspecified atom stereocenters. The van der Waals surface area contributed by atoms with E-state index in [1.807, 2.05) is 0 Å². The summed E-state index contributed by atoms with van der Waals surface area (Å²) in [5, 5.41) is 0.932. The number of imidazole rings is 1. The van der Waals surface area contributed by atoms with Crippen LogP contribution < -0.4 is 17.2 Å². The molecule has 1 aliphatic heterocycles. The van der Waals surface area contributed by atoms with Gasteiger partial charge in [0, 0.05) is 11.6 Å². The highest BCUT2D eigenvalue weighted by Crippen LogP contribution is 2.31. The summed E-state index contributed by atoms with van der Waals surface area (Å²) < 4.78 is 30.8. The van der Waals surface area contributed by atoms with Crippen molar-refractivity contribution in [2.24, 2.45) is 11.5 Å². The Morgan fingerprint density at radius 2 is 2.08 bits per heavy atom. The van der Waals surface area contributed by atoms with Gasteiger partial charge in [-0.1, -0.05) is 6.58 Å². The third kappa shape index (κ3) is 2.88. The number of rotatable bonds is 5. The summed E-state index contributed by atoms with van der Waals surface area (Å²) in [5.41, 5.74) is 19.8. The van der Waals surface area contributed by atoms with E-state index in [0.29, 0.717) is 16.9 Å². The number of nitrogens with two attached hydrogens (primary N) is 3. The van der Waals surface area contributed by atoms with Gasteiger partial charge in [-0.3, -0.25) is 4.57 Å². The van der Waals surface area contributed by atoms with E-state index in [1.54, 1.807) is 23.2 Å². The Kier molecular flexibility index (Phi) is 4.30. The lowest BCUT2D eigenvalue weighted by Gasteiger charge is -2.17. The van der Waals surface area contributed by atoms with Crippen LogP contribution in [0.1, 0.15) is 12.6 Å². The smallest absolute Gasteiger partial charge is 0.171 e. The summed E-state index contributed by atoms with van der Waals surface area (Å²) in [6.07, 6.45) is 2.29. The number of pyridine rings is 1. The molecule has 9 nitrogen and oxygen atoms in total. The van der Waals surface area contributed by atoms with Crippen LogP contribution in [0.3, 0.4) is 0 Å². The van der Waals surface area contributed by atoms with Gasteiger partial charge in [-0.25, -0.2) is 18.4 Å². The molecule has 0 amide bonds. The molecular weight excluding hydrogens is 332 g/mol. The van der Waals surface area contributed by atoms with Crippen molar-refractivity contribution in [1.29, 1.82) is 0 Å². The molecule has 4 atom stereocenters. The highest BCUT2D eigenvalue weighted by atomic mass is 32.2. The van der Waals surface area contributed by atoms with Gasteiger partial charge in [-0.2, -0.15) is 0 Å². The maximum atomic E-state index is 11.6. The minimum atomic E-state index is -3.32. The van der Waals surface area contributed by atoms with Gasteiger partial charge in [0.05, 0.1) is 36.0 Å². The van der Waals surface area contributed by atoms with Gasteiger partial charge in [0.1, 0.15) is 5.52 Å². The number of hydrogen-bond acceptors (Lipinski definition) is 8. The third-order valence-corrected chi connectivity index (χ3v) is 5.54. The van der Waals surface area contributed by atoms with Crippen molar-refractivity contribution < 1.29 is 13.2 Å². The molecule has 0 aliphatic carbocycles. The molecule has 10 heteroatoms. The minimum absolute atomic E-state index is 0.0931. The lowest BCUT2D eigenvalue weighted by Crippen LogP contribution is -2.45. The van der Waals surface area contributed by atoms with Crippen molar-refractivity contribution in [3.63, 3.8) is 0 Å². The lowest BCUT2D eigenvalue weighted by molar-refractivity contribution is -0.00298. The molecule has 1 fully saturated rings. The first-order valence-electron chi connectivity index (χ1n) is 7.43. The fourth-order valence-corrected chi connectivity index (χ4v) is 3.54. The summed E-state index contributed by atoms with van der Waals surface area (Å²) >= 11 is 0. The number of fused-ring (bicyclic) bond motifs is 1. The van der Waals surface area contributed by atoms with E-state index in [4.69, 9.17) is 21.9 Å². The fraction of sp³-hybridized carbons (Fsp3) is 0.429. The van der Waals surface area contributed by atoms with Gasteiger partial charge in [0.25, 0.3) is 0 Å². The number of anilines is 1. The molecule has 2 aromatic heterocycles. The third-order valence-electron chi connectivity index (χ3n) is 4.22. The Labute approximate surface area is 139 Å². The van der Waals surface area contributed by atoms with Gasteiger partial charge >= 0.3 is 0 Å². The normalized spacial score (nSPS) is 27.6. The summed E-state index contributed by atoms with van der Waals surface area (Å²) in [4.78, 5) is 8.50.